The third kappa shape index (κ3) is 2.52. The average molecular weight is 310 g/mol. The molecule has 0 aliphatic carbocycles. The topological polar surface area (TPSA) is 76.1 Å². The maximum absolute atomic E-state index is 13.6. The highest BCUT2D eigenvalue weighted by atomic mass is 19.3. The van der Waals surface area contributed by atoms with Gasteiger partial charge in [0, 0.05) is 5.69 Å². The van der Waals surface area contributed by atoms with Crippen LogP contribution < -0.4 is 15.4 Å². The molecular weight excluding hydrogens is 301 g/mol. The summed E-state index contributed by atoms with van der Waals surface area (Å²) in [5, 5.41) is 4.70. The number of rotatable bonds is 2. The summed E-state index contributed by atoms with van der Waals surface area (Å²) in [6.45, 7) is 1.59. The van der Waals surface area contributed by atoms with Crippen LogP contribution >= 0.6 is 0 Å². The lowest BCUT2D eigenvalue weighted by atomic mass is 10.2. The van der Waals surface area contributed by atoms with E-state index in [-0.39, 0.29) is 17.3 Å². The third-order valence-electron chi connectivity index (χ3n) is 2.86. The Balaban J connectivity index is 1.90. The molecule has 0 saturated heterocycles. The summed E-state index contributed by atoms with van der Waals surface area (Å²) in [7, 11) is 0. The van der Waals surface area contributed by atoms with Gasteiger partial charge in [-0.1, -0.05) is 0 Å². The van der Waals surface area contributed by atoms with E-state index in [1.54, 1.807) is 6.92 Å². The Morgan fingerprint density at radius 1 is 1.36 bits per heavy atom. The Morgan fingerprint density at radius 2 is 2.14 bits per heavy atom. The number of benzene rings is 1. The summed E-state index contributed by atoms with van der Waals surface area (Å²) >= 11 is 0. The number of alkyl halides is 2. The van der Waals surface area contributed by atoms with Crippen LogP contribution in [0.4, 0.5) is 30.4 Å². The maximum atomic E-state index is 13.6. The second kappa shape index (κ2) is 4.86. The second-order valence-electron chi connectivity index (χ2n) is 4.52. The molecule has 1 aliphatic heterocycles. The predicted octanol–water partition coefficient (Wildman–Crippen LogP) is 2.59. The first kappa shape index (κ1) is 14.1. The van der Waals surface area contributed by atoms with Gasteiger partial charge < -0.3 is 15.4 Å². The van der Waals surface area contributed by atoms with Crippen molar-refractivity contribution in [1.29, 1.82) is 0 Å². The van der Waals surface area contributed by atoms with Crippen molar-refractivity contribution >= 4 is 23.1 Å². The molecule has 2 N–H and O–H groups in total. The largest absolute Gasteiger partial charge is 0.482 e. The zero-order valence-electron chi connectivity index (χ0n) is 11.2. The van der Waals surface area contributed by atoms with Crippen LogP contribution in [0.1, 0.15) is 5.82 Å². The number of hydrogen-bond donors (Lipinski definition) is 2. The van der Waals surface area contributed by atoms with Gasteiger partial charge in [0.05, 0.1) is 11.9 Å². The smallest absolute Gasteiger partial charge is 0.423 e. The minimum absolute atomic E-state index is 0.0483. The van der Waals surface area contributed by atoms with Crippen molar-refractivity contribution < 1.29 is 22.7 Å². The molecule has 6 nitrogen and oxygen atoms in total. The highest BCUT2D eigenvalue weighted by Crippen LogP contribution is 2.37. The summed E-state index contributed by atoms with van der Waals surface area (Å²) < 4.78 is 44.1. The number of nitrogens with zero attached hydrogens (tertiary/aromatic N) is 2. The van der Waals surface area contributed by atoms with Crippen LogP contribution in [-0.4, -0.2) is 22.0 Å². The number of amides is 1. The Kier molecular flexibility index (Phi) is 3.12. The number of anilines is 3. The standard InChI is InChI=1S/C13H9F3N4O2/c1-6-17-5-8(14)11(18-6)19-7-2-3-10-9(4-7)20-12(21)13(15,16)22-10/h2-5H,1H3,(H,20,21)(H,17,18,19). The van der Waals surface area contributed by atoms with Gasteiger partial charge >= 0.3 is 12.0 Å². The van der Waals surface area contributed by atoms with Gasteiger partial charge in [-0.25, -0.2) is 14.4 Å². The molecule has 2 aromatic rings. The van der Waals surface area contributed by atoms with Gasteiger partial charge in [-0.3, -0.25) is 4.79 Å². The van der Waals surface area contributed by atoms with Crippen molar-refractivity contribution in [3.05, 3.63) is 36.0 Å². The van der Waals surface area contributed by atoms with E-state index >= 15 is 0 Å². The van der Waals surface area contributed by atoms with E-state index in [0.29, 0.717) is 11.5 Å². The van der Waals surface area contributed by atoms with Crippen LogP contribution in [0, 0.1) is 12.7 Å². The monoisotopic (exact) mass is 310 g/mol. The first-order valence-corrected chi connectivity index (χ1v) is 6.14. The van der Waals surface area contributed by atoms with Crippen LogP contribution in [-0.2, 0) is 4.79 Å². The minimum atomic E-state index is -3.92. The molecule has 114 valence electrons. The fourth-order valence-corrected chi connectivity index (χ4v) is 1.85. The molecule has 0 unspecified atom stereocenters. The highest BCUT2D eigenvalue weighted by molar-refractivity contribution is 5.99. The van der Waals surface area contributed by atoms with Crippen LogP contribution in [0.15, 0.2) is 24.4 Å². The van der Waals surface area contributed by atoms with E-state index in [1.807, 2.05) is 5.32 Å². The van der Waals surface area contributed by atoms with E-state index in [9.17, 15) is 18.0 Å². The summed E-state index contributed by atoms with van der Waals surface area (Å²) in [6, 6.07) is 3.96. The number of nitrogens with one attached hydrogen (secondary N) is 2. The zero-order valence-corrected chi connectivity index (χ0v) is 11.2. The van der Waals surface area contributed by atoms with Crippen molar-refractivity contribution in [3.8, 4) is 5.75 Å². The maximum Gasteiger partial charge on any atom is 0.482 e. The number of aryl methyl sites for hydroxylation is 1. The Morgan fingerprint density at radius 3 is 2.91 bits per heavy atom. The number of fused-ring (bicyclic) bond motifs is 1. The van der Waals surface area contributed by atoms with Crippen LogP contribution in [0.5, 0.6) is 5.75 Å². The number of halogens is 3. The SMILES string of the molecule is Cc1ncc(F)c(Nc2ccc3c(c2)NC(=O)C(F)(F)O3)n1. The highest BCUT2D eigenvalue weighted by Gasteiger charge is 2.46. The Bertz CT molecular complexity index is 767. The fraction of sp³-hybridized carbons (Fsp3) is 0.154. The number of ether oxygens (including phenoxy) is 1. The molecule has 3 rings (SSSR count). The molecule has 1 amide bonds. The Hall–Kier alpha value is -2.84. The Labute approximate surface area is 122 Å². The summed E-state index contributed by atoms with van der Waals surface area (Å²) in [6.07, 6.45) is -2.91. The summed E-state index contributed by atoms with van der Waals surface area (Å²) in [5.41, 5.74) is 0.386. The molecule has 0 radical (unpaired) electrons. The molecule has 0 bridgehead atoms. The first-order valence-electron chi connectivity index (χ1n) is 6.14. The lowest BCUT2D eigenvalue weighted by molar-refractivity contribution is -0.189. The molecule has 0 fully saturated rings. The zero-order chi connectivity index (χ0) is 15.9. The molecule has 1 aromatic heterocycles. The number of aromatic nitrogens is 2. The third-order valence-corrected chi connectivity index (χ3v) is 2.86. The summed E-state index contributed by atoms with van der Waals surface area (Å²) in [5.74, 6) is -2.13. The quantitative estimate of drug-likeness (QED) is 0.891. The molecule has 0 spiro atoms. The molecule has 0 atom stereocenters. The van der Waals surface area contributed by atoms with E-state index < -0.39 is 17.8 Å². The first-order chi connectivity index (χ1) is 10.3. The molecule has 22 heavy (non-hydrogen) atoms. The van der Waals surface area contributed by atoms with Gasteiger partial charge in [-0.2, -0.15) is 8.78 Å². The van der Waals surface area contributed by atoms with E-state index in [1.165, 1.54) is 18.2 Å². The number of hydrogen-bond acceptors (Lipinski definition) is 5. The van der Waals surface area contributed by atoms with E-state index in [0.717, 1.165) is 6.20 Å². The molecular formula is C13H9F3N4O2. The van der Waals surface area contributed by atoms with Gasteiger partial charge in [-0.05, 0) is 25.1 Å². The molecule has 1 aromatic carbocycles. The molecule has 0 saturated carbocycles. The minimum Gasteiger partial charge on any atom is -0.423 e. The van der Waals surface area contributed by atoms with Crippen molar-refractivity contribution in [2.24, 2.45) is 0 Å². The molecule has 1 aliphatic rings. The van der Waals surface area contributed by atoms with Crippen LogP contribution in [0.3, 0.4) is 0 Å². The fourth-order valence-electron chi connectivity index (χ4n) is 1.85. The van der Waals surface area contributed by atoms with Gasteiger partial charge in [-0.15, -0.1) is 0 Å². The number of carbonyl (C=O) groups excluding carboxylic acids is 1. The summed E-state index contributed by atoms with van der Waals surface area (Å²) in [4.78, 5) is 18.7. The normalized spacial score (nSPS) is 15.5. The van der Waals surface area contributed by atoms with Gasteiger partial charge in [0.15, 0.2) is 17.4 Å². The van der Waals surface area contributed by atoms with Crippen molar-refractivity contribution in [2.45, 2.75) is 13.0 Å². The second-order valence-corrected chi connectivity index (χ2v) is 4.52. The van der Waals surface area contributed by atoms with E-state index in [2.05, 4.69) is 20.0 Å². The van der Waals surface area contributed by atoms with Gasteiger partial charge in [0.25, 0.3) is 0 Å². The van der Waals surface area contributed by atoms with Crippen molar-refractivity contribution in [2.75, 3.05) is 10.6 Å². The van der Waals surface area contributed by atoms with Crippen LogP contribution in [0.2, 0.25) is 0 Å². The number of carbonyl (C=O) groups is 1. The molecule has 2 heterocycles. The molecule has 9 heteroatoms. The predicted molar refractivity (Wildman–Crippen MR) is 70.7 cm³/mol. The lowest BCUT2D eigenvalue weighted by Crippen LogP contribution is -2.43. The van der Waals surface area contributed by atoms with E-state index in [4.69, 9.17) is 0 Å². The van der Waals surface area contributed by atoms with Gasteiger partial charge in [0.1, 0.15) is 5.82 Å². The van der Waals surface area contributed by atoms with Gasteiger partial charge in [0.2, 0.25) is 0 Å². The lowest BCUT2D eigenvalue weighted by Gasteiger charge is -2.25. The van der Waals surface area contributed by atoms with Crippen LogP contribution in [0.25, 0.3) is 0 Å². The van der Waals surface area contributed by atoms with Crippen molar-refractivity contribution in [1.82, 2.24) is 9.97 Å². The van der Waals surface area contributed by atoms with Crippen molar-refractivity contribution in [3.63, 3.8) is 0 Å². The average Bonchev–Trinajstić information content (AvgIpc) is 2.44.